The van der Waals surface area contributed by atoms with Crippen molar-refractivity contribution in [1.82, 2.24) is 10.3 Å². The third kappa shape index (κ3) is 5.44. The molecule has 13 heteroatoms. The molecule has 1 aliphatic rings. The van der Waals surface area contributed by atoms with Crippen molar-refractivity contribution in [2.45, 2.75) is 18.3 Å². The van der Waals surface area contributed by atoms with E-state index in [2.05, 4.69) is 15.0 Å². The van der Waals surface area contributed by atoms with E-state index in [9.17, 15) is 35.9 Å². The Kier molecular flexibility index (Phi) is 6.96. The van der Waals surface area contributed by atoms with Crippen molar-refractivity contribution >= 4 is 17.6 Å². The molecule has 0 bridgehead atoms. The molecule has 0 spiro atoms. The minimum absolute atomic E-state index is 0.127. The minimum atomic E-state index is -4.94. The zero-order valence-electron chi connectivity index (χ0n) is 18.9. The summed E-state index contributed by atoms with van der Waals surface area (Å²) in [5.41, 5.74) is -0.716. The summed E-state index contributed by atoms with van der Waals surface area (Å²) in [5, 5.41) is 2.36. The lowest BCUT2D eigenvalue weighted by atomic mass is 9.92. The number of alkyl halides is 3. The molecule has 1 fully saturated rings. The van der Waals surface area contributed by atoms with Gasteiger partial charge < -0.3 is 14.8 Å². The topological polar surface area (TPSA) is 80.8 Å². The summed E-state index contributed by atoms with van der Waals surface area (Å²) in [6, 6.07) is 6.32. The number of methoxy groups -OCH3 is 1. The van der Waals surface area contributed by atoms with Crippen LogP contribution in [0.5, 0.6) is 11.5 Å². The first-order chi connectivity index (χ1) is 17.5. The Morgan fingerprint density at radius 3 is 2.24 bits per heavy atom. The Labute approximate surface area is 205 Å². The second kappa shape index (κ2) is 9.99. The molecule has 1 saturated heterocycles. The van der Waals surface area contributed by atoms with E-state index in [0.29, 0.717) is 0 Å². The highest BCUT2D eigenvalue weighted by molar-refractivity contribution is 6.04. The molecule has 0 aliphatic carbocycles. The number of anilines is 1. The van der Waals surface area contributed by atoms with Crippen LogP contribution in [0.2, 0.25) is 0 Å². The number of benzene rings is 2. The zero-order valence-corrected chi connectivity index (χ0v) is 18.9. The number of amides is 2. The van der Waals surface area contributed by atoms with E-state index >= 15 is 0 Å². The maximum atomic E-state index is 14.9. The van der Waals surface area contributed by atoms with E-state index in [1.807, 2.05) is 0 Å². The van der Waals surface area contributed by atoms with Gasteiger partial charge in [-0.25, -0.2) is 18.2 Å². The number of rotatable bonds is 6. The van der Waals surface area contributed by atoms with E-state index < -0.39 is 71.3 Å². The summed E-state index contributed by atoms with van der Waals surface area (Å²) in [4.78, 5) is 30.8. The third-order valence-corrected chi connectivity index (χ3v) is 5.60. The van der Waals surface area contributed by atoms with Crippen molar-refractivity contribution in [2.75, 3.05) is 18.6 Å². The van der Waals surface area contributed by atoms with Crippen molar-refractivity contribution in [1.29, 1.82) is 0 Å². The lowest BCUT2D eigenvalue weighted by Gasteiger charge is -2.20. The highest BCUT2D eigenvalue weighted by Gasteiger charge is 2.46. The highest BCUT2D eigenvalue weighted by atomic mass is 19.4. The normalized spacial score (nSPS) is 17.6. The summed E-state index contributed by atoms with van der Waals surface area (Å²) in [5.74, 6) is -7.28. The van der Waals surface area contributed by atoms with Gasteiger partial charge in [0.25, 0.3) is 11.8 Å². The molecule has 1 aliphatic heterocycles. The monoisotopic (exact) mass is 525 g/mol. The van der Waals surface area contributed by atoms with Gasteiger partial charge in [0.05, 0.1) is 7.11 Å². The van der Waals surface area contributed by atoms with Gasteiger partial charge in [0, 0.05) is 41.9 Å². The molecular weight excluding hydrogens is 508 g/mol. The van der Waals surface area contributed by atoms with Crippen molar-refractivity contribution in [2.24, 2.45) is 0 Å². The molecule has 4 rings (SSSR count). The van der Waals surface area contributed by atoms with Crippen LogP contribution in [0.15, 0.2) is 54.7 Å². The number of aromatic nitrogens is 1. The van der Waals surface area contributed by atoms with Crippen LogP contribution in [-0.4, -0.2) is 42.9 Å². The molecule has 0 saturated carbocycles. The molecule has 1 aromatic heterocycles. The van der Waals surface area contributed by atoms with Crippen LogP contribution in [0.4, 0.5) is 32.2 Å². The summed E-state index contributed by atoms with van der Waals surface area (Å²) < 4.78 is 90.1. The minimum Gasteiger partial charge on any atom is -0.497 e. The molecule has 0 radical (unpaired) electrons. The predicted molar refractivity (Wildman–Crippen MR) is 117 cm³/mol. The van der Waals surface area contributed by atoms with E-state index in [1.165, 1.54) is 19.4 Å². The van der Waals surface area contributed by atoms with Gasteiger partial charge in [0.15, 0.2) is 11.6 Å². The summed E-state index contributed by atoms with van der Waals surface area (Å²) >= 11 is 0. The molecular formula is C24H17F6N3O4. The fourth-order valence-corrected chi connectivity index (χ4v) is 3.98. The molecule has 2 aromatic carbocycles. The summed E-state index contributed by atoms with van der Waals surface area (Å²) in [7, 11) is 1.20. The fraction of sp³-hybridized carbons (Fsp3) is 0.208. The van der Waals surface area contributed by atoms with Gasteiger partial charge in [-0.2, -0.15) is 0 Å². The lowest BCUT2D eigenvalue weighted by molar-refractivity contribution is -0.274. The molecule has 2 atom stereocenters. The average molecular weight is 525 g/mol. The first-order valence-corrected chi connectivity index (χ1v) is 10.6. The van der Waals surface area contributed by atoms with Crippen LogP contribution >= 0.6 is 0 Å². The smallest absolute Gasteiger partial charge is 0.497 e. The quantitative estimate of drug-likeness (QED) is 0.485. The van der Waals surface area contributed by atoms with Gasteiger partial charge in [0.2, 0.25) is 0 Å². The maximum Gasteiger partial charge on any atom is 0.573 e. The molecule has 2 heterocycles. The zero-order chi connectivity index (χ0) is 26.9. The second-order valence-electron chi connectivity index (χ2n) is 7.89. The molecule has 37 heavy (non-hydrogen) atoms. The number of carbonyl (C=O) groups is 2. The van der Waals surface area contributed by atoms with Crippen molar-refractivity contribution in [3.8, 4) is 11.5 Å². The van der Waals surface area contributed by atoms with Crippen molar-refractivity contribution in [3.05, 3.63) is 83.3 Å². The number of nitrogens with one attached hydrogen (secondary N) is 1. The van der Waals surface area contributed by atoms with E-state index in [-0.39, 0.29) is 11.3 Å². The number of hydrogen-bond acceptors (Lipinski definition) is 5. The van der Waals surface area contributed by atoms with Gasteiger partial charge in [-0.3, -0.25) is 14.5 Å². The summed E-state index contributed by atoms with van der Waals surface area (Å²) in [6.07, 6.45) is -3.73. The number of nitrogens with zero attached hydrogens (tertiary/aromatic N) is 2. The molecule has 194 valence electrons. The van der Waals surface area contributed by atoms with Crippen molar-refractivity contribution in [3.63, 3.8) is 0 Å². The van der Waals surface area contributed by atoms with Crippen LogP contribution in [0.25, 0.3) is 0 Å². The molecule has 1 unspecified atom stereocenters. The van der Waals surface area contributed by atoms with Gasteiger partial charge in [-0.1, -0.05) is 0 Å². The van der Waals surface area contributed by atoms with Gasteiger partial charge in [-0.05, 0) is 36.4 Å². The van der Waals surface area contributed by atoms with Gasteiger partial charge >= 0.3 is 6.36 Å². The van der Waals surface area contributed by atoms with Crippen LogP contribution in [0, 0.1) is 17.5 Å². The van der Waals surface area contributed by atoms with Gasteiger partial charge in [0.1, 0.15) is 29.2 Å². The predicted octanol–water partition coefficient (Wildman–Crippen LogP) is 4.34. The van der Waals surface area contributed by atoms with Crippen molar-refractivity contribution < 1.29 is 45.4 Å². The first-order valence-electron chi connectivity index (χ1n) is 10.6. The third-order valence-electron chi connectivity index (χ3n) is 5.60. The van der Waals surface area contributed by atoms with Crippen LogP contribution in [0.1, 0.15) is 21.8 Å². The second-order valence-corrected chi connectivity index (χ2v) is 7.89. The fourth-order valence-electron chi connectivity index (χ4n) is 3.98. The van der Waals surface area contributed by atoms with E-state index in [1.54, 1.807) is 0 Å². The number of pyridine rings is 1. The number of carbonyl (C=O) groups excluding carboxylic acids is 2. The van der Waals surface area contributed by atoms with Crippen LogP contribution < -0.4 is 19.7 Å². The Balaban J connectivity index is 1.68. The maximum absolute atomic E-state index is 14.9. The SMILES string of the molecule is COc1cc(F)c([C@@H]2CN(c3ncccc3F)C(=O)C2NC(=O)c2ccc(OC(F)(F)F)cc2)c(F)c1. The molecule has 7 nitrogen and oxygen atoms in total. The Morgan fingerprint density at radius 1 is 1.03 bits per heavy atom. The van der Waals surface area contributed by atoms with E-state index in [0.717, 1.165) is 47.4 Å². The van der Waals surface area contributed by atoms with Crippen LogP contribution in [0.3, 0.4) is 0 Å². The standard InChI is InChI=1S/C24H17F6N3O4/c1-36-14-9-17(26)19(18(27)10-14)15-11-33(21-16(25)3-2-8-31-21)23(35)20(15)32-22(34)12-4-6-13(7-5-12)37-24(28,29)30/h2-10,15,20H,11H2,1H3,(H,32,34)/t15-,20?/m0/s1. The number of halogens is 6. The number of hydrogen-bond donors (Lipinski definition) is 1. The highest BCUT2D eigenvalue weighted by Crippen LogP contribution is 2.36. The lowest BCUT2D eigenvalue weighted by Crippen LogP contribution is -2.44. The number of ether oxygens (including phenoxy) is 2. The van der Waals surface area contributed by atoms with Gasteiger partial charge in [-0.15, -0.1) is 13.2 Å². The Morgan fingerprint density at radius 2 is 1.68 bits per heavy atom. The van der Waals surface area contributed by atoms with Crippen LogP contribution in [-0.2, 0) is 4.79 Å². The Bertz CT molecular complexity index is 1310. The average Bonchev–Trinajstić information content (AvgIpc) is 3.13. The van der Waals surface area contributed by atoms with E-state index in [4.69, 9.17) is 4.74 Å². The molecule has 3 aromatic rings. The first kappa shape index (κ1) is 25.8. The molecule has 2 amide bonds. The summed E-state index contributed by atoms with van der Waals surface area (Å²) in [6.45, 7) is -0.434. The Hall–Kier alpha value is -4.29. The molecule has 1 N–H and O–H groups in total. The largest absolute Gasteiger partial charge is 0.573 e.